The Labute approximate surface area is 215 Å². The quantitative estimate of drug-likeness (QED) is 0.122. The average molecular weight is 505 g/mol. The predicted octanol–water partition coefficient (Wildman–Crippen LogP) is -5.37. The summed E-state index contributed by atoms with van der Waals surface area (Å²) in [5.41, 5.74) is 0. The van der Waals surface area contributed by atoms with Gasteiger partial charge in [0.05, 0.1) is 58.2 Å². The number of hydrogen-bond acceptors (Lipinski definition) is 12. The van der Waals surface area contributed by atoms with Gasteiger partial charge in [-0.25, -0.2) is 16.8 Å². The van der Waals surface area contributed by atoms with Crippen molar-refractivity contribution in [1.82, 2.24) is 0 Å². The molecule has 1 rings (SSSR count). The maximum absolute atomic E-state index is 10.5. The van der Waals surface area contributed by atoms with Crippen molar-refractivity contribution in [1.29, 1.82) is 0 Å². The summed E-state index contributed by atoms with van der Waals surface area (Å²) in [6, 6.07) is 0. The van der Waals surface area contributed by atoms with Crippen LogP contribution in [-0.2, 0) is 29.7 Å². The van der Waals surface area contributed by atoms with E-state index >= 15 is 0 Å². The predicted molar refractivity (Wildman–Crippen MR) is 98.4 cm³/mol. The molecule has 16 heteroatoms. The fourth-order valence-electron chi connectivity index (χ4n) is 1.36. The molecular formula is C10H18Na2O8S6. The molecule has 2 unspecified atom stereocenters. The fraction of sp³-hybridized carbons (Fsp3) is 1.00. The van der Waals surface area contributed by atoms with Gasteiger partial charge in [0, 0.05) is 22.0 Å². The van der Waals surface area contributed by atoms with E-state index in [0.717, 1.165) is 11.5 Å². The van der Waals surface area contributed by atoms with Crippen LogP contribution in [0.3, 0.4) is 0 Å². The van der Waals surface area contributed by atoms with Crippen LogP contribution in [0.2, 0.25) is 0 Å². The van der Waals surface area contributed by atoms with Gasteiger partial charge in [-0.15, -0.1) is 0 Å². The monoisotopic (exact) mass is 504 g/mol. The topological polar surface area (TPSA) is 133 Å². The SMILES string of the molecule is O=S(=O)([O-])CCOCC1CSSCC(COCCS(=O)(=O)[O-])SS1.[Na+].[Na+]. The zero-order chi connectivity index (χ0) is 18.1. The second-order valence-electron chi connectivity index (χ2n) is 4.68. The van der Waals surface area contributed by atoms with Crippen LogP contribution < -0.4 is 59.1 Å². The van der Waals surface area contributed by atoms with Crippen molar-refractivity contribution >= 4 is 63.4 Å². The Morgan fingerprint density at radius 1 is 0.769 bits per heavy atom. The second-order valence-corrected chi connectivity index (χ2v) is 13.2. The average Bonchev–Trinajstić information content (AvgIpc) is 2.41. The maximum atomic E-state index is 10.5. The van der Waals surface area contributed by atoms with Crippen molar-refractivity contribution in [3.05, 3.63) is 0 Å². The molecule has 0 bridgehead atoms. The Kier molecular flexibility index (Phi) is 20.2. The van der Waals surface area contributed by atoms with Gasteiger partial charge >= 0.3 is 59.1 Å². The van der Waals surface area contributed by atoms with Crippen molar-refractivity contribution in [2.24, 2.45) is 0 Å². The molecule has 0 aromatic rings. The summed E-state index contributed by atoms with van der Waals surface area (Å²) in [5, 5.41) is 0.290. The van der Waals surface area contributed by atoms with Gasteiger partial charge in [-0.2, -0.15) is 0 Å². The summed E-state index contributed by atoms with van der Waals surface area (Å²) < 4.78 is 73.4. The van der Waals surface area contributed by atoms with Crippen LogP contribution in [0.25, 0.3) is 0 Å². The van der Waals surface area contributed by atoms with Crippen molar-refractivity contribution < 1.29 is 94.5 Å². The van der Waals surface area contributed by atoms with E-state index in [0.29, 0.717) is 13.2 Å². The van der Waals surface area contributed by atoms with E-state index in [1.807, 2.05) is 0 Å². The second kappa shape index (κ2) is 16.8. The summed E-state index contributed by atoms with van der Waals surface area (Å²) in [7, 11) is -1.97. The third-order valence-corrected chi connectivity index (χ3v) is 10.0. The first-order valence-electron chi connectivity index (χ1n) is 6.75. The van der Waals surface area contributed by atoms with E-state index in [9.17, 15) is 25.9 Å². The molecular weight excluding hydrogens is 486 g/mol. The summed E-state index contributed by atoms with van der Waals surface area (Å²) in [5.74, 6) is 0.597. The molecule has 2 atom stereocenters. The molecule has 0 aromatic carbocycles. The molecule has 0 aliphatic carbocycles. The third-order valence-electron chi connectivity index (χ3n) is 2.48. The van der Waals surface area contributed by atoms with Crippen LogP contribution in [0.15, 0.2) is 0 Å². The Bertz CT molecular complexity index is 510. The minimum atomic E-state index is -4.25. The van der Waals surface area contributed by atoms with E-state index < -0.39 is 31.7 Å². The van der Waals surface area contributed by atoms with Crippen molar-refractivity contribution in [3.63, 3.8) is 0 Å². The number of ether oxygens (including phenoxy) is 2. The first-order chi connectivity index (χ1) is 11.2. The largest absolute Gasteiger partial charge is 1.00 e. The molecule has 1 heterocycles. The van der Waals surface area contributed by atoms with Gasteiger partial charge < -0.3 is 18.6 Å². The van der Waals surface area contributed by atoms with E-state index in [1.165, 1.54) is 0 Å². The van der Waals surface area contributed by atoms with E-state index in [1.54, 1.807) is 43.2 Å². The molecule has 144 valence electrons. The molecule has 0 aromatic heterocycles. The molecule has 1 aliphatic rings. The van der Waals surface area contributed by atoms with Gasteiger partial charge in [-0.3, -0.25) is 0 Å². The molecule has 0 radical (unpaired) electrons. The molecule has 8 nitrogen and oxygen atoms in total. The van der Waals surface area contributed by atoms with Crippen molar-refractivity contribution in [2.75, 3.05) is 49.4 Å². The van der Waals surface area contributed by atoms with Gasteiger partial charge in [-0.05, 0) is 0 Å². The number of rotatable bonds is 10. The zero-order valence-corrected chi connectivity index (χ0v) is 23.4. The van der Waals surface area contributed by atoms with Gasteiger partial charge in [0.25, 0.3) is 0 Å². The minimum absolute atomic E-state index is 0. The van der Waals surface area contributed by atoms with Crippen LogP contribution in [0.1, 0.15) is 0 Å². The first kappa shape index (κ1) is 31.3. The van der Waals surface area contributed by atoms with Gasteiger partial charge in [0.1, 0.15) is 0 Å². The van der Waals surface area contributed by atoms with Gasteiger partial charge in [0.2, 0.25) is 0 Å². The molecule has 26 heavy (non-hydrogen) atoms. The Morgan fingerprint density at radius 3 is 1.42 bits per heavy atom. The molecule has 0 N–H and O–H groups in total. The van der Waals surface area contributed by atoms with E-state index in [-0.39, 0.29) is 82.8 Å². The molecule has 1 saturated heterocycles. The van der Waals surface area contributed by atoms with Crippen LogP contribution >= 0.6 is 43.2 Å². The summed E-state index contributed by atoms with van der Waals surface area (Å²) in [6.45, 7) is 0.481. The zero-order valence-electron chi connectivity index (χ0n) is 14.5. The molecule has 0 amide bonds. The molecule has 0 spiro atoms. The summed E-state index contributed by atoms with van der Waals surface area (Å²) in [6.07, 6.45) is 0. The van der Waals surface area contributed by atoms with Gasteiger partial charge in [-0.1, -0.05) is 43.2 Å². The summed E-state index contributed by atoms with van der Waals surface area (Å²) in [4.78, 5) is 0. The smallest absolute Gasteiger partial charge is 0.748 e. The third kappa shape index (κ3) is 19.1. The Morgan fingerprint density at radius 2 is 1.12 bits per heavy atom. The van der Waals surface area contributed by atoms with Crippen LogP contribution in [0, 0.1) is 0 Å². The first-order valence-corrected chi connectivity index (χ1v) is 14.7. The molecule has 0 saturated carbocycles. The Hall–Kier alpha value is 3.14. The normalized spacial score (nSPS) is 21.8. The Balaban J connectivity index is 0. The van der Waals surface area contributed by atoms with Gasteiger partial charge in [0.15, 0.2) is 0 Å². The minimum Gasteiger partial charge on any atom is -0.748 e. The fourth-order valence-corrected chi connectivity index (χ4v) is 8.52. The number of hydrogen-bond donors (Lipinski definition) is 0. The standard InChI is InChI=1S/C10H20O8S6.2Na/c11-23(12,13)3-1-17-5-9-7-19-20-8-10(22-21-9)6-18-2-4-24(14,15)16;;/h9-10H,1-8H2,(H,11,12,13)(H,14,15,16);;/q;2*+1/p-2. The van der Waals surface area contributed by atoms with Crippen molar-refractivity contribution in [2.45, 2.75) is 10.5 Å². The van der Waals surface area contributed by atoms with E-state index in [2.05, 4.69) is 0 Å². The maximum Gasteiger partial charge on any atom is 1.00 e. The van der Waals surface area contributed by atoms with Crippen molar-refractivity contribution in [3.8, 4) is 0 Å². The summed E-state index contributed by atoms with van der Waals surface area (Å²) >= 11 is 0. The molecule has 1 aliphatic heterocycles. The van der Waals surface area contributed by atoms with Crippen LogP contribution in [-0.4, -0.2) is 85.9 Å². The van der Waals surface area contributed by atoms with Crippen LogP contribution in [0.5, 0.6) is 0 Å². The van der Waals surface area contributed by atoms with Crippen LogP contribution in [0.4, 0.5) is 0 Å². The van der Waals surface area contributed by atoms with E-state index in [4.69, 9.17) is 9.47 Å². The molecule has 1 fully saturated rings.